The van der Waals surface area contributed by atoms with E-state index in [2.05, 4.69) is 15.2 Å². The molecule has 1 aromatic heterocycles. The van der Waals surface area contributed by atoms with Crippen LogP contribution in [0.1, 0.15) is 73.0 Å². The molecule has 0 unspecified atom stereocenters. The van der Waals surface area contributed by atoms with Crippen molar-refractivity contribution in [3.8, 4) is 0 Å². The van der Waals surface area contributed by atoms with Crippen LogP contribution in [0, 0.1) is 13.8 Å². The topological polar surface area (TPSA) is 65.2 Å². The lowest BCUT2D eigenvalue weighted by Crippen LogP contribution is -2.46. The number of hydrogen-bond donors (Lipinski definition) is 2. The number of hydrogen-bond acceptors (Lipinski definition) is 3. The number of rotatable bonds is 5. The van der Waals surface area contributed by atoms with E-state index in [1.807, 2.05) is 6.92 Å². The fourth-order valence-electron chi connectivity index (χ4n) is 4.69. The van der Waals surface area contributed by atoms with Crippen molar-refractivity contribution in [2.24, 2.45) is 0 Å². The molecule has 1 saturated heterocycles. The number of carbonyl (C=O) groups excluding carboxylic acids is 1. The molecule has 2 N–H and O–H groups in total. The van der Waals surface area contributed by atoms with Gasteiger partial charge in [-0.15, -0.1) is 0 Å². The fraction of sp³-hybridized carbons (Fsp3) is 0.700. The van der Waals surface area contributed by atoms with E-state index in [1.54, 1.807) is 6.92 Å². The minimum absolute atomic E-state index is 0.0746. The first-order chi connectivity index (χ1) is 12.1. The standard InChI is InChI=1S/C20H31N3O2/c1-14-13-18(24)22-15(2)19(14)20(25)21-11-10-17-9-5-6-12-23(17)16-7-3-4-8-16/h13,16-17H,3-12H2,1-2H3,(H,21,25)(H,22,24)/t17-/m1/s1. The molecule has 1 aliphatic heterocycles. The van der Waals surface area contributed by atoms with Crippen molar-refractivity contribution in [2.75, 3.05) is 13.1 Å². The average Bonchev–Trinajstić information content (AvgIpc) is 3.08. The first-order valence-corrected chi connectivity index (χ1v) is 9.80. The molecule has 1 atom stereocenters. The van der Waals surface area contributed by atoms with Crippen LogP contribution in [-0.2, 0) is 0 Å². The van der Waals surface area contributed by atoms with Crippen molar-refractivity contribution in [1.82, 2.24) is 15.2 Å². The number of aromatic amines is 1. The highest BCUT2D eigenvalue weighted by atomic mass is 16.1. The van der Waals surface area contributed by atoms with Crippen molar-refractivity contribution in [1.29, 1.82) is 0 Å². The van der Waals surface area contributed by atoms with E-state index in [0.717, 1.165) is 18.0 Å². The minimum Gasteiger partial charge on any atom is -0.352 e. The highest BCUT2D eigenvalue weighted by Gasteiger charge is 2.30. The number of aryl methyl sites for hydroxylation is 2. The lowest BCUT2D eigenvalue weighted by Gasteiger charge is -2.40. The van der Waals surface area contributed by atoms with Crippen LogP contribution in [-0.4, -0.2) is 41.0 Å². The zero-order chi connectivity index (χ0) is 17.8. The number of likely N-dealkylation sites (tertiary alicyclic amines) is 1. The second-order valence-corrected chi connectivity index (χ2v) is 7.69. The van der Waals surface area contributed by atoms with Gasteiger partial charge in [0.25, 0.3) is 5.91 Å². The molecule has 25 heavy (non-hydrogen) atoms. The Balaban J connectivity index is 1.56. The van der Waals surface area contributed by atoms with Gasteiger partial charge < -0.3 is 10.3 Å². The third-order valence-electron chi connectivity index (χ3n) is 5.88. The van der Waals surface area contributed by atoms with Crippen LogP contribution < -0.4 is 10.9 Å². The quantitative estimate of drug-likeness (QED) is 0.862. The zero-order valence-electron chi connectivity index (χ0n) is 15.6. The van der Waals surface area contributed by atoms with E-state index in [4.69, 9.17) is 0 Å². The summed E-state index contributed by atoms with van der Waals surface area (Å²) in [6, 6.07) is 2.87. The molecule has 138 valence electrons. The molecule has 5 nitrogen and oxygen atoms in total. The Bertz CT molecular complexity index is 635. The van der Waals surface area contributed by atoms with Gasteiger partial charge in [0.2, 0.25) is 5.56 Å². The highest BCUT2D eigenvalue weighted by Crippen LogP contribution is 2.30. The first-order valence-electron chi connectivity index (χ1n) is 9.80. The van der Waals surface area contributed by atoms with Gasteiger partial charge in [-0.3, -0.25) is 14.5 Å². The van der Waals surface area contributed by atoms with Gasteiger partial charge in [0.15, 0.2) is 0 Å². The van der Waals surface area contributed by atoms with E-state index in [1.165, 1.54) is 57.6 Å². The molecule has 0 aromatic carbocycles. The molecule has 1 saturated carbocycles. The van der Waals surface area contributed by atoms with Crippen LogP contribution in [0.15, 0.2) is 10.9 Å². The summed E-state index contributed by atoms with van der Waals surface area (Å²) in [4.78, 5) is 29.4. The molecule has 1 amide bonds. The Morgan fingerprint density at radius 2 is 1.92 bits per heavy atom. The normalized spacial score (nSPS) is 22.2. The maximum Gasteiger partial charge on any atom is 0.253 e. The summed E-state index contributed by atoms with van der Waals surface area (Å²) in [7, 11) is 0. The largest absolute Gasteiger partial charge is 0.352 e. The lowest BCUT2D eigenvalue weighted by atomic mass is 9.96. The lowest BCUT2D eigenvalue weighted by molar-refractivity contribution is 0.0859. The Hall–Kier alpha value is -1.62. The number of aromatic nitrogens is 1. The molecular weight excluding hydrogens is 314 g/mol. The summed E-state index contributed by atoms with van der Waals surface area (Å²) in [6.07, 6.45) is 10.3. The van der Waals surface area contributed by atoms with Crippen LogP contribution in [0.25, 0.3) is 0 Å². The summed E-state index contributed by atoms with van der Waals surface area (Å²) in [6.45, 7) is 5.53. The van der Waals surface area contributed by atoms with Crippen molar-refractivity contribution in [3.63, 3.8) is 0 Å². The summed E-state index contributed by atoms with van der Waals surface area (Å²) >= 11 is 0. The number of piperidine rings is 1. The Morgan fingerprint density at radius 3 is 2.64 bits per heavy atom. The third kappa shape index (κ3) is 4.32. The van der Waals surface area contributed by atoms with Gasteiger partial charge in [0, 0.05) is 30.4 Å². The molecule has 2 aliphatic rings. The molecule has 1 aliphatic carbocycles. The summed E-state index contributed by atoms with van der Waals surface area (Å²) in [5.41, 5.74) is 1.84. The predicted octanol–water partition coefficient (Wildman–Crippen LogP) is 2.91. The number of pyridine rings is 1. The van der Waals surface area contributed by atoms with Gasteiger partial charge in [-0.2, -0.15) is 0 Å². The first kappa shape index (κ1) is 18.2. The van der Waals surface area contributed by atoms with Crippen molar-refractivity contribution >= 4 is 5.91 Å². The molecule has 2 heterocycles. The van der Waals surface area contributed by atoms with Crippen LogP contribution in [0.4, 0.5) is 0 Å². The van der Waals surface area contributed by atoms with Crippen molar-refractivity contribution in [3.05, 3.63) is 33.2 Å². The smallest absolute Gasteiger partial charge is 0.253 e. The molecule has 1 aromatic rings. The molecule has 3 rings (SSSR count). The number of nitrogens with one attached hydrogen (secondary N) is 2. The van der Waals surface area contributed by atoms with Gasteiger partial charge in [-0.25, -0.2) is 0 Å². The second-order valence-electron chi connectivity index (χ2n) is 7.69. The monoisotopic (exact) mass is 345 g/mol. The predicted molar refractivity (Wildman–Crippen MR) is 100 cm³/mol. The average molecular weight is 345 g/mol. The number of amides is 1. The van der Waals surface area contributed by atoms with E-state index in [0.29, 0.717) is 23.8 Å². The molecule has 0 bridgehead atoms. The van der Waals surface area contributed by atoms with Crippen molar-refractivity contribution in [2.45, 2.75) is 77.3 Å². The van der Waals surface area contributed by atoms with E-state index < -0.39 is 0 Å². The number of H-pyrrole nitrogens is 1. The summed E-state index contributed by atoms with van der Waals surface area (Å²) < 4.78 is 0. The summed E-state index contributed by atoms with van der Waals surface area (Å²) in [5, 5.41) is 3.07. The fourth-order valence-corrected chi connectivity index (χ4v) is 4.69. The Kier molecular flexibility index (Phi) is 5.94. The Labute approximate surface area is 150 Å². The minimum atomic E-state index is -0.152. The zero-order valence-corrected chi connectivity index (χ0v) is 15.6. The molecule has 5 heteroatoms. The summed E-state index contributed by atoms with van der Waals surface area (Å²) in [5.74, 6) is -0.0746. The third-order valence-corrected chi connectivity index (χ3v) is 5.88. The SMILES string of the molecule is Cc1cc(=O)[nH]c(C)c1C(=O)NCC[C@H]1CCCCN1C1CCCC1. The van der Waals surface area contributed by atoms with Gasteiger partial charge in [-0.05, 0) is 58.1 Å². The van der Waals surface area contributed by atoms with E-state index >= 15 is 0 Å². The number of carbonyl (C=O) groups is 1. The van der Waals surface area contributed by atoms with Crippen molar-refractivity contribution < 1.29 is 4.79 Å². The van der Waals surface area contributed by atoms with Crippen LogP contribution in [0.3, 0.4) is 0 Å². The van der Waals surface area contributed by atoms with E-state index in [-0.39, 0.29) is 11.5 Å². The molecule has 2 fully saturated rings. The second kappa shape index (κ2) is 8.17. The Morgan fingerprint density at radius 1 is 1.20 bits per heavy atom. The number of nitrogens with zero attached hydrogens (tertiary/aromatic N) is 1. The van der Waals surface area contributed by atoms with Gasteiger partial charge >= 0.3 is 0 Å². The van der Waals surface area contributed by atoms with E-state index in [9.17, 15) is 9.59 Å². The maximum atomic E-state index is 12.5. The van der Waals surface area contributed by atoms with Crippen LogP contribution >= 0.6 is 0 Å². The van der Waals surface area contributed by atoms with Gasteiger partial charge in [0.05, 0.1) is 5.56 Å². The molecule has 0 radical (unpaired) electrons. The molecule has 0 spiro atoms. The maximum absolute atomic E-state index is 12.5. The van der Waals surface area contributed by atoms with Crippen LogP contribution in [0.2, 0.25) is 0 Å². The molecular formula is C20H31N3O2. The van der Waals surface area contributed by atoms with Gasteiger partial charge in [0.1, 0.15) is 0 Å². The van der Waals surface area contributed by atoms with Crippen LogP contribution in [0.5, 0.6) is 0 Å². The van der Waals surface area contributed by atoms with Gasteiger partial charge in [-0.1, -0.05) is 19.3 Å². The highest BCUT2D eigenvalue weighted by molar-refractivity contribution is 5.96.